The molecule has 6 nitrogen and oxygen atoms in total. The van der Waals surface area contributed by atoms with Gasteiger partial charge in [-0.05, 0) is 43.9 Å². The second kappa shape index (κ2) is 6.04. The van der Waals surface area contributed by atoms with Crippen LogP contribution >= 0.6 is 0 Å². The van der Waals surface area contributed by atoms with Crippen LogP contribution in [0.1, 0.15) is 37.9 Å². The number of nitrogens with one attached hydrogen (secondary N) is 2. The van der Waals surface area contributed by atoms with Crippen LogP contribution < -0.4 is 9.62 Å². The largest absolute Gasteiger partial charge is 0.325 e. The van der Waals surface area contributed by atoms with E-state index in [1.807, 2.05) is 18.2 Å². The lowest BCUT2D eigenvalue weighted by molar-refractivity contribution is -0.944. The molecule has 1 aliphatic carbocycles. The van der Waals surface area contributed by atoms with E-state index in [2.05, 4.69) is 9.29 Å². The maximum absolute atomic E-state index is 11.4. The van der Waals surface area contributed by atoms with Crippen molar-refractivity contribution < 1.29 is 13.3 Å². The predicted octanol–water partition coefficient (Wildman–Crippen LogP) is 1.14. The molecule has 0 bridgehead atoms. The summed E-state index contributed by atoms with van der Waals surface area (Å²) in [5.74, 6) is 1.13. The first kappa shape index (κ1) is 15.9. The first-order valence-corrected chi connectivity index (χ1v) is 10.7. The Labute approximate surface area is 142 Å². The Kier molecular flexibility index (Phi) is 4.00. The minimum Gasteiger partial charge on any atom is -0.325 e. The number of hydrogen-bond acceptors (Lipinski definition) is 3. The van der Waals surface area contributed by atoms with Crippen molar-refractivity contribution in [3.8, 4) is 0 Å². The molecule has 7 heteroatoms. The molecule has 0 spiro atoms. The van der Waals surface area contributed by atoms with E-state index < -0.39 is 10.0 Å². The summed E-state index contributed by atoms with van der Waals surface area (Å²) in [5.41, 5.74) is 2.56. The number of imidazole rings is 1. The zero-order chi connectivity index (χ0) is 16.7. The Balaban J connectivity index is 1.60. The summed E-state index contributed by atoms with van der Waals surface area (Å²) in [7, 11) is -3.26. The predicted molar refractivity (Wildman–Crippen MR) is 94.6 cm³/mol. The first-order chi connectivity index (χ1) is 11.5. The standard InChI is InChI=1S/C17H24N4O2S/c1-24(22,23)19-13-7-8-16-15(11-13)18-17-12-20(9-10-21(16)17)14-5-3-2-4-6-14/h7-8,11,14,19H,2-6,9-10,12H2,1H3/p+1. The molecule has 1 aliphatic heterocycles. The molecular weight excluding hydrogens is 324 g/mol. The van der Waals surface area contributed by atoms with Gasteiger partial charge in [0.2, 0.25) is 10.0 Å². The topological polar surface area (TPSA) is 68.4 Å². The highest BCUT2D eigenvalue weighted by Gasteiger charge is 2.30. The molecule has 1 unspecified atom stereocenters. The highest BCUT2D eigenvalue weighted by molar-refractivity contribution is 7.92. The molecule has 130 valence electrons. The van der Waals surface area contributed by atoms with Crippen molar-refractivity contribution in [3.63, 3.8) is 0 Å². The Bertz CT molecular complexity index is 853. The number of anilines is 1. The molecule has 1 aromatic carbocycles. The summed E-state index contributed by atoms with van der Waals surface area (Å²) < 4.78 is 27.6. The number of quaternary nitrogens is 1. The van der Waals surface area contributed by atoms with Gasteiger partial charge in [0.15, 0.2) is 5.82 Å². The van der Waals surface area contributed by atoms with E-state index in [9.17, 15) is 8.42 Å². The molecule has 1 aromatic heterocycles. The molecule has 2 aliphatic rings. The van der Waals surface area contributed by atoms with Crippen molar-refractivity contribution in [1.82, 2.24) is 9.55 Å². The molecule has 1 saturated carbocycles. The lowest BCUT2D eigenvalue weighted by Gasteiger charge is -2.34. The lowest BCUT2D eigenvalue weighted by Crippen LogP contribution is -3.15. The molecule has 2 N–H and O–H groups in total. The highest BCUT2D eigenvalue weighted by atomic mass is 32.2. The summed E-state index contributed by atoms with van der Waals surface area (Å²) in [4.78, 5) is 6.47. The summed E-state index contributed by atoms with van der Waals surface area (Å²) in [5, 5.41) is 0. The molecule has 1 fully saturated rings. The van der Waals surface area contributed by atoms with E-state index in [-0.39, 0.29) is 0 Å². The van der Waals surface area contributed by atoms with Crippen molar-refractivity contribution >= 4 is 26.7 Å². The van der Waals surface area contributed by atoms with Gasteiger partial charge in [0.1, 0.15) is 6.54 Å². The Hall–Kier alpha value is -1.60. The summed E-state index contributed by atoms with van der Waals surface area (Å²) in [6.07, 6.45) is 7.98. The number of nitrogens with zero attached hydrogens (tertiary/aromatic N) is 2. The average Bonchev–Trinajstić information content (AvgIpc) is 2.90. The number of sulfonamides is 1. The Morgan fingerprint density at radius 2 is 2.04 bits per heavy atom. The number of rotatable bonds is 3. The summed E-state index contributed by atoms with van der Waals surface area (Å²) in [6, 6.07) is 6.42. The van der Waals surface area contributed by atoms with Gasteiger partial charge in [-0.3, -0.25) is 4.72 Å². The fraction of sp³-hybridized carbons (Fsp3) is 0.588. The van der Waals surface area contributed by atoms with Crippen molar-refractivity contribution in [2.75, 3.05) is 17.5 Å². The second-order valence-electron chi connectivity index (χ2n) is 7.18. The number of fused-ring (bicyclic) bond motifs is 3. The quantitative estimate of drug-likeness (QED) is 0.873. The van der Waals surface area contributed by atoms with Gasteiger partial charge in [0, 0.05) is 0 Å². The van der Waals surface area contributed by atoms with Gasteiger partial charge < -0.3 is 9.47 Å². The minimum atomic E-state index is -3.26. The third-order valence-electron chi connectivity index (χ3n) is 5.35. The van der Waals surface area contributed by atoms with Crippen LogP contribution in [0.25, 0.3) is 11.0 Å². The maximum atomic E-state index is 11.4. The molecule has 1 atom stereocenters. The van der Waals surface area contributed by atoms with Crippen molar-refractivity contribution in [2.24, 2.45) is 0 Å². The van der Waals surface area contributed by atoms with Gasteiger partial charge in [0.05, 0.1) is 42.1 Å². The number of aromatic nitrogens is 2. The smallest absolute Gasteiger partial charge is 0.229 e. The van der Waals surface area contributed by atoms with Crippen LogP contribution in [0.3, 0.4) is 0 Å². The van der Waals surface area contributed by atoms with Crippen LogP contribution in [-0.2, 0) is 23.1 Å². The second-order valence-corrected chi connectivity index (χ2v) is 8.93. The number of hydrogen-bond donors (Lipinski definition) is 2. The van der Waals surface area contributed by atoms with Crippen LogP contribution in [0, 0.1) is 0 Å². The lowest BCUT2D eigenvalue weighted by atomic mass is 9.94. The van der Waals surface area contributed by atoms with Gasteiger partial charge >= 0.3 is 0 Å². The average molecular weight is 349 g/mol. The normalized spacial score (nSPS) is 22.5. The van der Waals surface area contributed by atoms with E-state index in [4.69, 9.17) is 4.98 Å². The van der Waals surface area contributed by atoms with Gasteiger partial charge in [-0.15, -0.1) is 0 Å². The van der Waals surface area contributed by atoms with Gasteiger partial charge in [0.25, 0.3) is 0 Å². The molecule has 2 heterocycles. The van der Waals surface area contributed by atoms with Crippen LogP contribution in [0.4, 0.5) is 5.69 Å². The van der Waals surface area contributed by atoms with E-state index in [1.54, 1.807) is 4.90 Å². The van der Waals surface area contributed by atoms with Gasteiger partial charge in [-0.1, -0.05) is 6.42 Å². The van der Waals surface area contributed by atoms with Crippen LogP contribution in [0.2, 0.25) is 0 Å². The van der Waals surface area contributed by atoms with Crippen molar-refractivity contribution in [2.45, 2.75) is 51.2 Å². The third-order valence-corrected chi connectivity index (χ3v) is 5.96. The van der Waals surface area contributed by atoms with E-state index in [1.165, 1.54) is 38.4 Å². The van der Waals surface area contributed by atoms with Gasteiger partial charge in [-0.25, -0.2) is 13.4 Å². The first-order valence-electron chi connectivity index (χ1n) is 8.81. The van der Waals surface area contributed by atoms with Crippen molar-refractivity contribution in [3.05, 3.63) is 24.0 Å². The fourth-order valence-electron chi connectivity index (χ4n) is 4.25. The number of benzene rings is 1. The SMILES string of the molecule is CS(=O)(=O)Nc1ccc2c(c1)nc1n2CC[NH+](C2CCCCC2)C1. The molecule has 0 radical (unpaired) electrons. The summed E-state index contributed by atoms with van der Waals surface area (Å²) in [6.45, 7) is 3.14. The molecule has 4 rings (SSSR count). The van der Waals surface area contributed by atoms with Gasteiger partial charge in [-0.2, -0.15) is 0 Å². The fourth-order valence-corrected chi connectivity index (χ4v) is 4.80. The van der Waals surface area contributed by atoms with Crippen LogP contribution in [0.5, 0.6) is 0 Å². The monoisotopic (exact) mass is 349 g/mol. The van der Waals surface area contributed by atoms with Crippen LogP contribution in [0.15, 0.2) is 18.2 Å². The molecule has 24 heavy (non-hydrogen) atoms. The highest BCUT2D eigenvalue weighted by Crippen LogP contribution is 2.22. The minimum absolute atomic E-state index is 0.580. The maximum Gasteiger partial charge on any atom is 0.229 e. The zero-order valence-corrected chi connectivity index (χ0v) is 14.9. The van der Waals surface area contributed by atoms with Crippen LogP contribution in [-0.4, -0.2) is 36.8 Å². The van der Waals surface area contributed by atoms with E-state index >= 15 is 0 Å². The molecule has 0 saturated heterocycles. The molecule has 2 aromatic rings. The third kappa shape index (κ3) is 3.15. The van der Waals surface area contributed by atoms with Crippen molar-refractivity contribution in [1.29, 1.82) is 0 Å². The molecular formula is C17H25N4O2S+. The molecule has 0 amide bonds. The van der Waals surface area contributed by atoms with E-state index in [0.29, 0.717) is 5.69 Å². The summed E-state index contributed by atoms with van der Waals surface area (Å²) >= 11 is 0. The Morgan fingerprint density at radius 1 is 1.25 bits per heavy atom. The zero-order valence-electron chi connectivity index (χ0n) is 14.1. The van der Waals surface area contributed by atoms with E-state index in [0.717, 1.165) is 42.5 Å². The Morgan fingerprint density at radius 3 is 2.79 bits per heavy atom.